The number of carbonyl (C=O) groups excluding carboxylic acids is 2. The lowest BCUT2D eigenvalue weighted by molar-refractivity contribution is 0.0841. The minimum atomic E-state index is -1.29. The fourth-order valence-corrected chi connectivity index (χ4v) is 2.33. The van der Waals surface area contributed by atoms with Crippen molar-refractivity contribution in [1.82, 2.24) is 15.8 Å². The Balaban J connectivity index is 1.72. The standard InChI is InChI=1S/C16H10ClF2N3O2/c17-9-4-5-12-8(6-9)7-13(20-12)16(24)22-21-15(23)10-2-1-3-11(18)14(10)19/h1-7,20H,(H,21,23)(H,22,24). The molecule has 24 heavy (non-hydrogen) atoms. The van der Waals surface area contributed by atoms with Gasteiger partial charge in [-0.1, -0.05) is 17.7 Å². The van der Waals surface area contributed by atoms with Crippen LogP contribution < -0.4 is 10.9 Å². The predicted molar refractivity (Wildman–Crippen MR) is 84.6 cm³/mol. The van der Waals surface area contributed by atoms with E-state index in [9.17, 15) is 18.4 Å². The predicted octanol–water partition coefficient (Wildman–Crippen LogP) is 3.17. The van der Waals surface area contributed by atoms with Gasteiger partial charge in [0, 0.05) is 15.9 Å². The van der Waals surface area contributed by atoms with Crippen LogP contribution in [0, 0.1) is 11.6 Å². The summed E-state index contributed by atoms with van der Waals surface area (Å²) >= 11 is 5.87. The molecule has 0 atom stereocenters. The zero-order chi connectivity index (χ0) is 17.3. The Hall–Kier alpha value is -2.93. The number of hydrogen-bond acceptors (Lipinski definition) is 2. The van der Waals surface area contributed by atoms with E-state index < -0.39 is 29.0 Å². The maximum atomic E-state index is 13.5. The molecule has 8 heteroatoms. The molecule has 0 fully saturated rings. The van der Waals surface area contributed by atoms with Crippen LogP contribution in [0.15, 0.2) is 42.5 Å². The van der Waals surface area contributed by atoms with E-state index in [1.165, 1.54) is 6.07 Å². The quantitative estimate of drug-likeness (QED) is 0.622. The summed E-state index contributed by atoms with van der Waals surface area (Å²) in [5, 5.41) is 1.23. The van der Waals surface area contributed by atoms with E-state index in [0.29, 0.717) is 10.5 Å². The Kier molecular flexibility index (Phi) is 4.18. The molecule has 1 heterocycles. The third-order valence-electron chi connectivity index (χ3n) is 3.31. The Morgan fingerprint density at radius 3 is 2.54 bits per heavy atom. The number of hydrazine groups is 1. The van der Waals surface area contributed by atoms with Crippen LogP contribution in [0.2, 0.25) is 5.02 Å². The molecule has 3 rings (SSSR count). The SMILES string of the molecule is O=C(NNC(=O)c1cccc(F)c1F)c1cc2cc(Cl)ccc2[nH]1. The monoisotopic (exact) mass is 349 g/mol. The fraction of sp³-hybridized carbons (Fsp3) is 0. The van der Waals surface area contributed by atoms with Crippen LogP contribution in [0.5, 0.6) is 0 Å². The van der Waals surface area contributed by atoms with Gasteiger partial charge in [-0.05, 0) is 36.4 Å². The summed E-state index contributed by atoms with van der Waals surface area (Å²) in [7, 11) is 0. The van der Waals surface area contributed by atoms with Gasteiger partial charge in [-0.25, -0.2) is 8.78 Å². The first-order valence-electron chi connectivity index (χ1n) is 6.78. The summed E-state index contributed by atoms with van der Waals surface area (Å²) in [4.78, 5) is 26.7. The van der Waals surface area contributed by atoms with Gasteiger partial charge in [-0.3, -0.25) is 20.4 Å². The number of amides is 2. The molecule has 122 valence electrons. The third kappa shape index (κ3) is 3.07. The molecule has 5 nitrogen and oxygen atoms in total. The summed E-state index contributed by atoms with van der Waals surface area (Å²) in [6, 6.07) is 9.77. The smallest absolute Gasteiger partial charge is 0.286 e. The Morgan fingerprint density at radius 2 is 1.75 bits per heavy atom. The average molecular weight is 350 g/mol. The molecular formula is C16H10ClF2N3O2. The minimum absolute atomic E-state index is 0.173. The molecular weight excluding hydrogens is 340 g/mol. The molecule has 2 amide bonds. The van der Waals surface area contributed by atoms with Gasteiger partial charge in [0.05, 0.1) is 5.56 Å². The van der Waals surface area contributed by atoms with Gasteiger partial charge in [0.1, 0.15) is 5.69 Å². The number of halogens is 3. The second-order valence-electron chi connectivity index (χ2n) is 4.92. The Bertz CT molecular complexity index is 956. The number of benzene rings is 2. The fourth-order valence-electron chi connectivity index (χ4n) is 2.15. The summed E-state index contributed by atoms with van der Waals surface area (Å²) in [5.74, 6) is -4.06. The highest BCUT2D eigenvalue weighted by atomic mass is 35.5. The second kappa shape index (κ2) is 6.29. The number of carbonyl (C=O) groups is 2. The number of hydrogen-bond donors (Lipinski definition) is 3. The first kappa shape index (κ1) is 15.9. The first-order valence-corrected chi connectivity index (χ1v) is 7.16. The number of H-pyrrole nitrogens is 1. The third-order valence-corrected chi connectivity index (χ3v) is 3.55. The van der Waals surface area contributed by atoms with Crippen LogP contribution in [0.3, 0.4) is 0 Å². The lowest BCUT2D eigenvalue weighted by atomic mass is 10.2. The van der Waals surface area contributed by atoms with Crippen molar-refractivity contribution in [3.8, 4) is 0 Å². The van der Waals surface area contributed by atoms with Crippen LogP contribution in [-0.2, 0) is 0 Å². The van der Waals surface area contributed by atoms with Crippen LogP contribution in [0.4, 0.5) is 8.78 Å². The maximum Gasteiger partial charge on any atom is 0.286 e. The molecule has 0 aliphatic heterocycles. The van der Waals surface area contributed by atoms with Crippen molar-refractivity contribution in [1.29, 1.82) is 0 Å². The van der Waals surface area contributed by atoms with E-state index in [1.807, 2.05) is 5.43 Å². The first-order chi connectivity index (χ1) is 11.5. The van der Waals surface area contributed by atoms with E-state index >= 15 is 0 Å². The van der Waals surface area contributed by atoms with Gasteiger partial charge >= 0.3 is 0 Å². The zero-order valence-corrected chi connectivity index (χ0v) is 12.7. The Labute approximate surface area is 139 Å². The van der Waals surface area contributed by atoms with E-state index in [0.717, 1.165) is 17.5 Å². The van der Waals surface area contributed by atoms with Crippen molar-refractivity contribution in [2.75, 3.05) is 0 Å². The molecule has 3 N–H and O–H groups in total. The highest BCUT2D eigenvalue weighted by Gasteiger charge is 2.16. The van der Waals surface area contributed by atoms with E-state index in [-0.39, 0.29) is 5.69 Å². The number of rotatable bonds is 2. The molecule has 0 aliphatic carbocycles. The number of aromatic amines is 1. The molecule has 0 saturated heterocycles. The molecule has 3 aromatic rings. The number of fused-ring (bicyclic) bond motifs is 1. The summed E-state index contributed by atoms with van der Waals surface area (Å²) in [6.07, 6.45) is 0. The highest BCUT2D eigenvalue weighted by molar-refractivity contribution is 6.31. The Morgan fingerprint density at radius 1 is 1.00 bits per heavy atom. The van der Waals surface area contributed by atoms with E-state index in [2.05, 4.69) is 10.4 Å². The van der Waals surface area contributed by atoms with Crippen molar-refractivity contribution in [3.05, 3.63) is 70.4 Å². The molecule has 0 bridgehead atoms. The molecule has 2 aromatic carbocycles. The molecule has 0 saturated carbocycles. The molecule has 0 aliphatic rings. The summed E-state index contributed by atoms with van der Waals surface area (Å²) in [6.45, 7) is 0. The molecule has 0 radical (unpaired) electrons. The highest BCUT2D eigenvalue weighted by Crippen LogP contribution is 2.20. The van der Waals surface area contributed by atoms with Crippen LogP contribution in [0.1, 0.15) is 20.8 Å². The van der Waals surface area contributed by atoms with E-state index in [4.69, 9.17) is 11.6 Å². The average Bonchev–Trinajstić information content (AvgIpc) is 2.98. The van der Waals surface area contributed by atoms with Crippen LogP contribution >= 0.6 is 11.6 Å². The van der Waals surface area contributed by atoms with Gasteiger partial charge in [0.2, 0.25) is 0 Å². The van der Waals surface area contributed by atoms with Gasteiger partial charge in [-0.15, -0.1) is 0 Å². The number of aromatic nitrogens is 1. The van der Waals surface area contributed by atoms with Gasteiger partial charge < -0.3 is 4.98 Å². The van der Waals surface area contributed by atoms with Crippen molar-refractivity contribution < 1.29 is 18.4 Å². The normalized spacial score (nSPS) is 10.6. The lowest BCUT2D eigenvalue weighted by Crippen LogP contribution is -2.42. The van der Waals surface area contributed by atoms with Crippen molar-refractivity contribution in [3.63, 3.8) is 0 Å². The van der Waals surface area contributed by atoms with E-state index in [1.54, 1.807) is 24.3 Å². The van der Waals surface area contributed by atoms with Crippen molar-refractivity contribution in [2.24, 2.45) is 0 Å². The number of nitrogens with one attached hydrogen (secondary N) is 3. The minimum Gasteiger partial charge on any atom is -0.350 e. The molecule has 0 spiro atoms. The lowest BCUT2D eigenvalue weighted by Gasteiger charge is -2.07. The summed E-state index contributed by atoms with van der Waals surface area (Å²) < 4.78 is 26.6. The second-order valence-corrected chi connectivity index (χ2v) is 5.36. The van der Waals surface area contributed by atoms with Crippen molar-refractivity contribution in [2.45, 2.75) is 0 Å². The zero-order valence-electron chi connectivity index (χ0n) is 12.0. The molecule has 0 unspecified atom stereocenters. The molecule has 1 aromatic heterocycles. The topological polar surface area (TPSA) is 74.0 Å². The van der Waals surface area contributed by atoms with Crippen LogP contribution in [-0.4, -0.2) is 16.8 Å². The van der Waals surface area contributed by atoms with Gasteiger partial charge in [0.15, 0.2) is 11.6 Å². The van der Waals surface area contributed by atoms with Crippen molar-refractivity contribution >= 4 is 34.3 Å². The van der Waals surface area contributed by atoms with Crippen LogP contribution in [0.25, 0.3) is 10.9 Å². The van der Waals surface area contributed by atoms with Gasteiger partial charge in [-0.2, -0.15) is 0 Å². The maximum absolute atomic E-state index is 13.5. The summed E-state index contributed by atoms with van der Waals surface area (Å²) in [5.41, 5.74) is 4.50. The van der Waals surface area contributed by atoms with Gasteiger partial charge in [0.25, 0.3) is 11.8 Å². The largest absolute Gasteiger partial charge is 0.350 e.